The van der Waals surface area contributed by atoms with Gasteiger partial charge in [-0.2, -0.15) is 13.2 Å². The summed E-state index contributed by atoms with van der Waals surface area (Å²) in [5, 5.41) is 1.94. The van der Waals surface area contributed by atoms with Crippen LogP contribution in [-0.4, -0.2) is 53.5 Å². The molecule has 1 N–H and O–H groups in total. The van der Waals surface area contributed by atoms with Crippen molar-refractivity contribution in [2.75, 3.05) is 13.2 Å². The number of halogens is 3. The van der Waals surface area contributed by atoms with Gasteiger partial charge in [0.05, 0.1) is 18.2 Å². The van der Waals surface area contributed by atoms with E-state index in [0.29, 0.717) is 13.0 Å². The maximum atomic E-state index is 14.7. The van der Waals surface area contributed by atoms with Crippen LogP contribution in [-0.2, 0) is 14.3 Å². The molecule has 3 aliphatic rings. The van der Waals surface area contributed by atoms with E-state index in [1.165, 1.54) is 24.3 Å². The molecule has 1 aromatic rings. The molecule has 0 spiro atoms. The van der Waals surface area contributed by atoms with E-state index < -0.39 is 46.4 Å². The zero-order valence-corrected chi connectivity index (χ0v) is 17.9. The van der Waals surface area contributed by atoms with Crippen molar-refractivity contribution in [2.45, 2.75) is 57.3 Å². The largest absolute Gasteiger partial charge is 0.425 e. The summed E-state index contributed by atoms with van der Waals surface area (Å²) in [6.45, 7) is 3.94. The molecule has 2 amide bonds. The third-order valence-electron chi connectivity index (χ3n) is 6.29. The van der Waals surface area contributed by atoms with Crippen LogP contribution in [0.4, 0.5) is 13.2 Å². The first-order valence-electron chi connectivity index (χ1n) is 10.6. The summed E-state index contributed by atoms with van der Waals surface area (Å²) >= 11 is 0. The van der Waals surface area contributed by atoms with Crippen molar-refractivity contribution in [1.29, 1.82) is 0 Å². The summed E-state index contributed by atoms with van der Waals surface area (Å²) in [6, 6.07) is 7.34. The number of allylic oxidation sites excluding steroid dienone is 1. The van der Waals surface area contributed by atoms with E-state index in [9.17, 15) is 27.6 Å². The number of alkyl halides is 3. The molecule has 1 aliphatic carbocycles. The van der Waals surface area contributed by atoms with Crippen LogP contribution in [0.2, 0.25) is 0 Å². The van der Waals surface area contributed by atoms with Gasteiger partial charge in [0.2, 0.25) is 5.54 Å². The Labute approximate surface area is 183 Å². The molecule has 32 heavy (non-hydrogen) atoms. The minimum absolute atomic E-state index is 0.0350. The van der Waals surface area contributed by atoms with E-state index in [1.54, 1.807) is 19.9 Å². The van der Waals surface area contributed by atoms with E-state index in [1.807, 2.05) is 5.32 Å². The van der Waals surface area contributed by atoms with Gasteiger partial charge in [0.15, 0.2) is 5.78 Å². The zero-order chi connectivity index (χ0) is 23.3. The number of ketones is 1. The Hall–Kier alpha value is -2.68. The van der Waals surface area contributed by atoms with Crippen LogP contribution in [0.3, 0.4) is 0 Å². The Morgan fingerprint density at radius 3 is 2.47 bits per heavy atom. The van der Waals surface area contributed by atoms with Crippen LogP contribution in [0, 0.1) is 5.41 Å². The van der Waals surface area contributed by atoms with E-state index in [0.717, 1.165) is 11.3 Å². The van der Waals surface area contributed by atoms with Crippen molar-refractivity contribution in [3.8, 4) is 0 Å². The molecule has 1 saturated heterocycles. The molecule has 2 atom stereocenters. The second-order valence-electron chi connectivity index (χ2n) is 9.38. The molecule has 4 rings (SSSR count). The highest BCUT2D eigenvalue weighted by molar-refractivity contribution is 6.14. The summed E-state index contributed by atoms with van der Waals surface area (Å²) in [5.74, 6) is -3.19. The van der Waals surface area contributed by atoms with E-state index >= 15 is 0 Å². The van der Waals surface area contributed by atoms with Gasteiger partial charge in [0, 0.05) is 24.3 Å². The predicted molar refractivity (Wildman–Crippen MR) is 108 cm³/mol. The molecule has 2 unspecified atom stereocenters. The van der Waals surface area contributed by atoms with E-state index in [4.69, 9.17) is 4.74 Å². The minimum atomic E-state index is -5.21. The number of benzene rings is 1. The van der Waals surface area contributed by atoms with Crippen LogP contribution in [0.5, 0.6) is 0 Å². The highest BCUT2D eigenvalue weighted by atomic mass is 19.4. The van der Waals surface area contributed by atoms with Crippen LogP contribution >= 0.6 is 0 Å². The highest BCUT2D eigenvalue weighted by Crippen LogP contribution is 2.52. The molecule has 6 nitrogen and oxygen atoms in total. The van der Waals surface area contributed by atoms with Gasteiger partial charge < -0.3 is 15.0 Å². The van der Waals surface area contributed by atoms with Crippen LogP contribution in [0.1, 0.15) is 49.9 Å². The lowest BCUT2D eigenvalue weighted by atomic mass is 9.72. The van der Waals surface area contributed by atoms with Crippen molar-refractivity contribution in [3.05, 3.63) is 47.2 Å². The van der Waals surface area contributed by atoms with Gasteiger partial charge in [0.25, 0.3) is 11.8 Å². The summed E-state index contributed by atoms with van der Waals surface area (Å²) in [4.78, 5) is 40.4. The van der Waals surface area contributed by atoms with Crippen molar-refractivity contribution in [1.82, 2.24) is 10.2 Å². The second kappa shape index (κ2) is 7.72. The van der Waals surface area contributed by atoms with Crippen molar-refractivity contribution >= 4 is 17.6 Å². The zero-order valence-electron chi connectivity index (χ0n) is 17.9. The molecule has 0 bridgehead atoms. The van der Waals surface area contributed by atoms with Gasteiger partial charge in [-0.25, -0.2) is 0 Å². The van der Waals surface area contributed by atoms with Crippen molar-refractivity contribution in [2.24, 2.45) is 5.41 Å². The molecule has 1 aromatic carbocycles. The molecule has 0 aromatic heterocycles. The third kappa shape index (κ3) is 3.62. The maximum Gasteiger partial charge on any atom is 0.425 e. The Bertz CT molecular complexity index is 981. The second-order valence-corrected chi connectivity index (χ2v) is 9.38. The van der Waals surface area contributed by atoms with Crippen LogP contribution in [0.15, 0.2) is 41.6 Å². The fourth-order valence-corrected chi connectivity index (χ4v) is 4.84. The predicted octanol–water partition coefficient (Wildman–Crippen LogP) is 3.38. The van der Waals surface area contributed by atoms with Gasteiger partial charge in [0.1, 0.15) is 0 Å². The van der Waals surface area contributed by atoms with Crippen molar-refractivity contribution in [3.63, 3.8) is 0 Å². The molecule has 9 heteroatoms. The number of nitrogens with one attached hydrogen (secondary N) is 1. The first-order chi connectivity index (χ1) is 15.0. The standard InChI is InChI=1S/C23H25F3N2O4/c1-21(2)11-16-18(17(29)12-21)22(23(24,25)26,27-19(30)14-7-4-3-5-8-14)20(31)28(16)13-15-9-6-10-32-15/h3-5,7-8,15H,6,9-13H2,1-2H3,(H,27,30). The number of carbonyl (C=O) groups excluding carboxylic acids is 3. The number of nitrogens with zero attached hydrogens (tertiary/aromatic N) is 1. The minimum Gasteiger partial charge on any atom is -0.376 e. The molecular formula is C23H25F3N2O4. The number of hydrogen-bond donors (Lipinski definition) is 1. The molecule has 0 saturated carbocycles. The van der Waals surface area contributed by atoms with Gasteiger partial charge in [-0.3, -0.25) is 14.4 Å². The molecule has 2 aliphatic heterocycles. The third-order valence-corrected chi connectivity index (χ3v) is 6.29. The Morgan fingerprint density at radius 1 is 1.19 bits per heavy atom. The smallest absolute Gasteiger partial charge is 0.376 e. The number of carbonyl (C=O) groups is 3. The monoisotopic (exact) mass is 450 g/mol. The molecule has 172 valence electrons. The fourth-order valence-electron chi connectivity index (χ4n) is 4.84. The average molecular weight is 450 g/mol. The first-order valence-corrected chi connectivity index (χ1v) is 10.6. The van der Waals surface area contributed by atoms with Crippen LogP contribution in [0.25, 0.3) is 0 Å². The molecule has 0 radical (unpaired) electrons. The average Bonchev–Trinajstić information content (AvgIpc) is 3.29. The fraction of sp³-hybridized carbons (Fsp3) is 0.522. The van der Waals surface area contributed by atoms with Crippen molar-refractivity contribution < 1.29 is 32.3 Å². The van der Waals surface area contributed by atoms with Gasteiger partial charge in [-0.1, -0.05) is 32.0 Å². The summed E-state index contributed by atoms with van der Waals surface area (Å²) in [6.07, 6.45) is -4.30. The maximum absolute atomic E-state index is 14.7. The van der Waals surface area contributed by atoms with Crippen LogP contribution < -0.4 is 5.32 Å². The van der Waals surface area contributed by atoms with Gasteiger partial charge in [-0.15, -0.1) is 0 Å². The lowest BCUT2D eigenvalue weighted by Gasteiger charge is -2.35. The number of rotatable bonds is 4. The Morgan fingerprint density at radius 2 is 1.88 bits per heavy atom. The summed E-state index contributed by atoms with van der Waals surface area (Å²) in [7, 11) is 0. The quantitative estimate of drug-likeness (QED) is 0.763. The number of hydrogen-bond acceptors (Lipinski definition) is 4. The SMILES string of the molecule is CC1(C)CC(=O)C2=C(C1)N(CC1CCCO1)C(=O)C2(NC(=O)c1ccccc1)C(F)(F)F. The van der Waals surface area contributed by atoms with Gasteiger partial charge >= 0.3 is 6.18 Å². The summed E-state index contributed by atoms with van der Waals surface area (Å²) in [5.41, 5.74) is -4.68. The Kier molecular flexibility index (Phi) is 5.43. The first kappa shape index (κ1) is 22.5. The normalized spacial score (nSPS) is 27.7. The highest BCUT2D eigenvalue weighted by Gasteiger charge is 2.71. The molecule has 1 fully saturated rings. The number of ether oxygens (including phenoxy) is 1. The number of Topliss-reactive ketones (excluding diaryl/α,β-unsaturated/α-hetero) is 1. The van der Waals surface area contributed by atoms with Gasteiger partial charge in [-0.05, 0) is 36.8 Å². The lowest BCUT2D eigenvalue weighted by Crippen LogP contribution is -2.66. The molecule has 2 heterocycles. The Balaban J connectivity index is 1.84. The van der Waals surface area contributed by atoms with E-state index in [-0.39, 0.29) is 30.6 Å². The lowest BCUT2D eigenvalue weighted by molar-refractivity contribution is -0.191. The summed E-state index contributed by atoms with van der Waals surface area (Å²) < 4.78 is 49.6. The van der Waals surface area contributed by atoms with E-state index in [2.05, 4.69) is 0 Å². The number of amides is 2. The topological polar surface area (TPSA) is 75.7 Å². The molecular weight excluding hydrogens is 425 g/mol.